The van der Waals surface area contributed by atoms with Crippen molar-refractivity contribution >= 4 is 23.2 Å². The molecule has 2 fully saturated rings. The summed E-state index contributed by atoms with van der Waals surface area (Å²) in [6.45, 7) is 0. The zero-order valence-corrected chi connectivity index (χ0v) is 19.9. The number of imidazole rings is 1. The molecule has 2 aliphatic carbocycles. The van der Waals surface area contributed by atoms with Gasteiger partial charge in [-0.05, 0) is 55.7 Å². The van der Waals surface area contributed by atoms with Gasteiger partial charge in [0.1, 0.15) is 28.9 Å². The van der Waals surface area contributed by atoms with Crippen molar-refractivity contribution in [1.82, 2.24) is 19.3 Å². The summed E-state index contributed by atoms with van der Waals surface area (Å²) in [5.74, 6) is -1.49. The maximum Gasteiger partial charge on any atom is 0.274 e. The largest absolute Gasteiger partial charge is 0.383 e. The third-order valence-electron chi connectivity index (χ3n) is 7.32. The van der Waals surface area contributed by atoms with Crippen molar-refractivity contribution < 1.29 is 18.7 Å². The topological polar surface area (TPSA) is 109 Å². The molecule has 2 saturated carbocycles. The number of nitrogens with zero attached hydrogens (tertiary/aromatic N) is 5. The average Bonchev–Trinajstić information content (AvgIpc) is 3.51. The van der Waals surface area contributed by atoms with Crippen LogP contribution in [0.2, 0.25) is 5.02 Å². The summed E-state index contributed by atoms with van der Waals surface area (Å²) in [6.07, 6.45) is 3.66. The minimum atomic E-state index is -1.40. The molecule has 35 heavy (non-hydrogen) atoms. The molecule has 0 spiro atoms. The number of rotatable bonds is 4. The Hall–Kier alpha value is -3.29. The maximum absolute atomic E-state index is 14.7. The average molecular weight is 501 g/mol. The van der Waals surface area contributed by atoms with E-state index in [0.717, 1.165) is 0 Å². The predicted molar refractivity (Wildman–Crippen MR) is 123 cm³/mol. The summed E-state index contributed by atoms with van der Waals surface area (Å²) < 4.78 is 31.1. The van der Waals surface area contributed by atoms with Crippen molar-refractivity contribution in [2.75, 3.05) is 5.32 Å². The third-order valence-corrected chi connectivity index (χ3v) is 7.61. The first kappa shape index (κ1) is 23.5. The van der Waals surface area contributed by atoms with Crippen LogP contribution in [0.1, 0.15) is 59.2 Å². The molecule has 1 amide bonds. The van der Waals surface area contributed by atoms with Crippen molar-refractivity contribution in [2.45, 2.75) is 37.2 Å². The highest BCUT2D eigenvalue weighted by atomic mass is 35.5. The Morgan fingerprint density at radius 3 is 2.57 bits per heavy atom. The van der Waals surface area contributed by atoms with Crippen LogP contribution in [0.4, 0.5) is 14.5 Å². The van der Waals surface area contributed by atoms with E-state index in [0.29, 0.717) is 42.8 Å². The summed E-state index contributed by atoms with van der Waals surface area (Å²) in [5, 5.41) is 27.0. The highest BCUT2D eigenvalue weighted by Crippen LogP contribution is 2.57. The number of carbonyl (C=O) groups excluding carboxylic acids is 1. The van der Waals surface area contributed by atoms with Gasteiger partial charge in [0.05, 0.1) is 17.0 Å². The van der Waals surface area contributed by atoms with Gasteiger partial charge in [0.2, 0.25) is 0 Å². The molecular formula is C24H23ClF2N6O2. The predicted octanol–water partition coefficient (Wildman–Crippen LogP) is 4.00. The van der Waals surface area contributed by atoms with Crippen molar-refractivity contribution in [2.24, 2.45) is 25.9 Å². The first-order valence-electron chi connectivity index (χ1n) is 11.2. The number of fused-ring (bicyclic) bond motifs is 1. The van der Waals surface area contributed by atoms with Crippen LogP contribution in [0.5, 0.6) is 0 Å². The van der Waals surface area contributed by atoms with Crippen molar-refractivity contribution in [1.29, 1.82) is 5.26 Å². The zero-order valence-electron chi connectivity index (χ0n) is 19.1. The molecule has 0 bridgehead atoms. The van der Waals surface area contributed by atoms with E-state index in [-0.39, 0.29) is 40.1 Å². The summed E-state index contributed by atoms with van der Waals surface area (Å²) in [5.41, 5.74) is -0.227. The molecule has 8 nitrogen and oxygen atoms in total. The minimum Gasteiger partial charge on any atom is -0.383 e. The molecule has 2 unspecified atom stereocenters. The van der Waals surface area contributed by atoms with E-state index in [1.807, 2.05) is 0 Å². The van der Waals surface area contributed by atoms with Crippen LogP contribution in [0.15, 0.2) is 24.5 Å². The van der Waals surface area contributed by atoms with Crippen LogP contribution >= 0.6 is 11.6 Å². The van der Waals surface area contributed by atoms with Crippen LogP contribution in [0.3, 0.4) is 0 Å². The molecule has 2 aliphatic rings. The monoisotopic (exact) mass is 500 g/mol. The minimum absolute atomic E-state index is 0.000593. The summed E-state index contributed by atoms with van der Waals surface area (Å²) >= 11 is 5.83. The SMILES string of the molecule is Cn1cnc(C2CC3CC(O)(c4c(F)c(C#N)nn4C)CC3C2)c1C(=O)Nc1ccc(F)c(Cl)c1. The molecule has 5 rings (SSSR count). The molecule has 0 saturated heterocycles. The molecule has 2 heterocycles. The number of benzene rings is 1. The number of aryl methyl sites for hydroxylation is 2. The first-order valence-corrected chi connectivity index (χ1v) is 11.6. The van der Waals surface area contributed by atoms with Crippen LogP contribution in [0, 0.1) is 34.8 Å². The molecule has 0 aliphatic heterocycles. The van der Waals surface area contributed by atoms with Gasteiger partial charge in [0.15, 0.2) is 11.5 Å². The van der Waals surface area contributed by atoms with E-state index in [1.165, 1.54) is 29.9 Å². The molecule has 2 atom stereocenters. The fourth-order valence-electron chi connectivity index (χ4n) is 5.94. The molecule has 1 aromatic carbocycles. The molecule has 3 aromatic rings. The highest BCUT2D eigenvalue weighted by Gasteiger charge is 2.53. The van der Waals surface area contributed by atoms with Gasteiger partial charge in [0.25, 0.3) is 5.91 Å². The second kappa shape index (κ2) is 8.43. The number of halogens is 3. The molecular weight excluding hydrogens is 478 g/mol. The summed E-state index contributed by atoms with van der Waals surface area (Å²) in [6, 6.07) is 5.70. The van der Waals surface area contributed by atoms with Crippen LogP contribution in [0.25, 0.3) is 0 Å². The second-order valence-electron chi connectivity index (χ2n) is 9.55. The smallest absolute Gasteiger partial charge is 0.274 e. The Kier molecular flexibility index (Phi) is 5.65. The van der Waals surface area contributed by atoms with Gasteiger partial charge in [-0.1, -0.05) is 11.6 Å². The van der Waals surface area contributed by atoms with Crippen LogP contribution < -0.4 is 5.32 Å². The van der Waals surface area contributed by atoms with Crippen molar-refractivity contribution in [3.63, 3.8) is 0 Å². The molecule has 2 aromatic heterocycles. The van der Waals surface area contributed by atoms with Gasteiger partial charge in [0, 0.05) is 25.7 Å². The van der Waals surface area contributed by atoms with Gasteiger partial charge in [-0.3, -0.25) is 9.48 Å². The van der Waals surface area contributed by atoms with E-state index in [9.17, 15) is 18.7 Å². The summed E-state index contributed by atoms with van der Waals surface area (Å²) in [7, 11) is 3.26. The molecule has 182 valence electrons. The lowest BCUT2D eigenvalue weighted by molar-refractivity contribution is 0.0227. The van der Waals surface area contributed by atoms with Gasteiger partial charge >= 0.3 is 0 Å². The van der Waals surface area contributed by atoms with Gasteiger partial charge in [-0.2, -0.15) is 10.4 Å². The molecule has 2 N–H and O–H groups in total. The number of nitrogens with one attached hydrogen (secondary N) is 1. The number of carbonyl (C=O) groups is 1. The Morgan fingerprint density at radius 2 is 1.97 bits per heavy atom. The number of amides is 1. The normalized spacial score (nSPS) is 25.5. The molecule has 11 heteroatoms. The zero-order chi connectivity index (χ0) is 25.1. The lowest BCUT2D eigenvalue weighted by Crippen LogP contribution is -2.27. The standard InChI is InChI=1S/C24H23ClF2N6O2/c1-32-11-29-20(21(32)23(34)30-15-3-4-17(26)16(25)7-15)12-5-13-8-24(35,9-14(13)6-12)22-19(27)18(10-28)31-33(22)2/h3-4,7,11-14,35H,5-6,8-9H2,1-2H3,(H,30,34). The van der Waals surface area contributed by atoms with E-state index in [4.69, 9.17) is 16.9 Å². The van der Waals surface area contributed by atoms with E-state index in [1.54, 1.807) is 24.0 Å². The highest BCUT2D eigenvalue weighted by molar-refractivity contribution is 6.31. The second-order valence-corrected chi connectivity index (χ2v) is 9.95. The van der Waals surface area contributed by atoms with E-state index >= 15 is 0 Å². The quantitative estimate of drug-likeness (QED) is 0.563. The van der Waals surface area contributed by atoms with E-state index < -0.39 is 17.2 Å². The van der Waals surface area contributed by atoms with Crippen LogP contribution in [-0.2, 0) is 19.7 Å². The van der Waals surface area contributed by atoms with Crippen molar-refractivity contribution in [3.8, 4) is 6.07 Å². The van der Waals surface area contributed by atoms with E-state index in [2.05, 4.69) is 15.4 Å². The van der Waals surface area contributed by atoms with Crippen LogP contribution in [-0.4, -0.2) is 30.3 Å². The Bertz CT molecular complexity index is 1360. The fourth-order valence-corrected chi connectivity index (χ4v) is 6.12. The summed E-state index contributed by atoms with van der Waals surface area (Å²) in [4.78, 5) is 17.6. The van der Waals surface area contributed by atoms with Crippen molar-refractivity contribution in [3.05, 3.63) is 64.0 Å². The number of aromatic nitrogens is 4. The Labute approximate surface area is 205 Å². The van der Waals surface area contributed by atoms with Gasteiger partial charge < -0.3 is 15.0 Å². The first-order chi connectivity index (χ1) is 16.6. The Morgan fingerprint density at radius 1 is 1.29 bits per heavy atom. The third kappa shape index (κ3) is 3.89. The number of anilines is 1. The molecule has 0 radical (unpaired) electrons. The number of aliphatic hydroxyl groups is 1. The fraction of sp³-hybridized carbons (Fsp3) is 0.417. The lowest BCUT2D eigenvalue weighted by atomic mass is 9.89. The van der Waals surface area contributed by atoms with Gasteiger partial charge in [-0.25, -0.2) is 13.8 Å². The lowest BCUT2D eigenvalue weighted by Gasteiger charge is -2.25. The maximum atomic E-state index is 14.7. The Balaban J connectivity index is 1.34. The number of hydrogen-bond donors (Lipinski definition) is 2. The number of hydrogen-bond acceptors (Lipinski definition) is 5. The number of nitriles is 1. The van der Waals surface area contributed by atoms with Gasteiger partial charge in [-0.15, -0.1) is 0 Å².